The number of rotatable bonds is 3. The Morgan fingerprint density at radius 2 is 2.67 bits per heavy atom. The largest absolute Gasteiger partial charge is 0.337 e. The predicted octanol–water partition coefficient (Wildman–Crippen LogP) is 0.220. The van der Waals surface area contributed by atoms with Gasteiger partial charge in [-0.3, -0.25) is 4.79 Å². The molecular formula is C9H14N4OS. The van der Waals surface area contributed by atoms with Gasteiger partial charge < -0.3 is 10.2 Å². The molecule has 1 aromatic rings. The highest BCUT2D eigenvalue weighted by Crippen LogP contribution is 2.17. The van der Waals surface area contributed by atoms with Gasteiger partial charge in [-0.05, 0) is 25.9 Å². The van der Waals surface area contributed by atoms with Crippen LogP contribution in [0.2, 0.25) is 0 Å². The maximum absolute atomic E-state index is 11.9. The predicted molar refractivity (Wildman–Crippen MR) is 57.8 cm³/mol. The fraction of sp³-hybridized carbons (Fsp3) is 0.667. The zero-order valence-electron chi connectivity index (χ0n) is 8.64. The Hall–Kier alpha value is -1.01. The van der Waals surface area contributed by atoms with Crippen LogP contribution in [0.15, 0.2) is 6.20 Å². The van der Waals surface area contributed by atoms with Gasteiger partial charge in [-0.15, -0.1) is 0 Å². The number of amides is 1. The quantitative estimate of drug-likeness (QED) is 0.801. The third kappa shape index (κ3) is 2.32. The van der Waals surface area contributed by atoms with E-state index in [0.29, 0.717) is 11.6 Å². The van der Waals surface area contributed by atoms with E-state index in [0.717, 1.165) is 37.8 Å². The van der Waals surface area contributed by atoms with Crippen LogP contribution in [0.3, 0.4) is 0 Å². The molecule has 1 saturated heterocycles. The fourth-order valence-electron chi connectivity index (χ4n) is 1.89. The second-order valence-corrected chi connectivity index (χ2v) is 4.31. The second kappa shape index (κ2) is 4.67. The van der Waals surface area contributed by atoms with E-state index in [1.807, 2.05) is 11.9 Å². The van der Waals surface area contributed by atoms with Gasteiger partial charge in [0.2, 0.25) is 0 Å². The first kappa shape index (κ1) is 10.5. The number of likely N-dealkylation sites (tertiary alicyclic amines) is 1. The molecule has 2 rings (SSSR count). The Bertz CT molecular complexity index is 327. The van der Waals surface area contributed by atoms with Crippen LogP contribution in [0, 0.1) is 5.92 Å². The van der Waals surface area contributed by atoms with Crippen molar-refractivity contribution in [1.82, 2.24) is 19.0 Å². The summed E-state index contributed by atoms with van der Waals surface area (Å²) < 4.78 is 7.80. The van der Waals surface area contributed by atoms with Gasteiger partial charge in [0.1, 0.15) is 0 Å². The Balaban J connectivity index is 1.93. The summed E-state index contributed by atoms with van der Waals surface area (Å²) in [5, 5.41) is 3.14. The first-order chi connectivity index (χ1) is 7.31. The van der Waals surface area contributed by atoms with Crippen molar-refractivity contribution in [2.75, 3.05) is 26.7 Å². The van der Waals surface area contributed by atoms with Gasteiger partial charge >= 0.3 is 0 Å². The number of nitrogens with zero attached hydrogens (tertiary/aromatic N) is 3. The van der Waals surface area contributed by atoms with Gasteiger partial charge in [-0.2, -0.15) is 8.75 Å². The lowest BCUT2D eigenvalue weighted by Crippen LogP contribution is -2.30. The third-order valence-electron chi connectivity index (χ3n) is 2.65. The molecule has 15 heavy (non-hydrogen) atoms. The van der Waals surface area contributed by atoms with Crippen LogP contribution in [-0.4, -0.2) is 46.2 Å². The molecule has 1 amide bonds. The van der Waals surface area contributed by atoms with E-state index in [2.05, 4.69) is 14.1 Å². The van der Waals surface area contributed by atoms with Crippen LogP contribution < -0.4 is 5.32 Å². The van der Waals surface area contributed by atoms with Gasteiger partial charge in [0.05, 0.1) is 17.9 Å². The number of hydrogen-bond acceptors (Lipinski definition) is 5. The topological polar surface area (TPSA) is 58.1 Å². The van der Waals surface area contributed by atoms with E-state index in [1.54, 1.807) is 6.20 Å². The lowest BCUT2D eigenvalue weighted by Gasteiger charge is -2.14. The lowest BCUT2D eigenvalue weighted by atomic mass is 10.1. The molecule has 1 unspecified atom stereocenters. The SMILES string of the molecule is CNCC1CCN(C(=O)c2cnsn2)C1. The average Bonchev–Trinajstić information content (AvgIpc) is 2.87. The summed E-state index contributed by atoms with van der Waals surface area (Å²) in [6, 6.07) is 0. The Kier molecular flexibility index (Phi) is 3.27. The zero-order chi connectivity index (χ0) is 10.7. The molecule has 0 saturated carbocycles. The van der Waals surface area contributed by atoms with Crippen molar-refractivity contribution in [1.29, 1.82) is 0 Å². The molecule has 0 radical (unpaired) electrons. The smallest absolute Gasteiger partial charge is 0.275 e. The van der Waals surface area contributed by atoms with Crippen LogP contribution in [-0.2, 0) is 0 Å². The Morgan fingerprint density at radius 1 is 1.80 bits per heavy atom. The summed E-state index contributed by atoms with van der Waals surface area (Å²) in [4.78, 5) is 13.7. The fourth-order valence-corrected chi connectivity index (χ4v) is 2.30. The molecule has 1 atom stereocenters. The summed E-state index contributed by atoms with van der Waals surface area (Å²) in [6.45, 7) is 2.64. The summed E-state index contributed by atoms with van der Waals surface area (Å²) in [5.41, 5.74) is 0.477. The minimum Gasteiger partial charge on any atom is -0.337 e. The highest BCUT2D eigenvalue weighted by Gasteiger charge is 2.27. The molecule has 0 bridgehead atoms. The van der Waals surface area contributed by atoms with E-state index < -0.39 is 0 Å². The van der Waals surface area contributed by atoms with E-state index in [1.165, 1.54) is 0 Å². The number of carbonyl (C=O) groups excluding carboxylic acids is 1. The number of hydrogen-bond donors (Lipinski definition) is 1. The highest BCUT2D eigenvalue weighted by atomic mass is 32.1. The first-order valence-electron chi connectivity index (χ1n) is 5.02. The van der Waals surface area contributed by atoms with E-state index in [-0.39, 0.29) is 5.91 Å². The molecule has 82 valence electrons. The molecule has 1 fully saturated rings. The van der Waals surface area contributed by atoms with Crippen molar-refractivity contribution in [3.05, 3.63) is 11.9 Å². The van der Waals surface area contributed by atoms with Gasteiger partial charge in [-0.1, -0.05) is 0 Å². The molecule has 0 aliphatic carbocycles. The molecule has 5 nitrogen and oxygen atoms in total. The highest BCUT2D eigenvalue weighted by molar-refractivity contribution is 6.99. The van der Waals surface area contributed by atoms with Crippen molar-refractivity contribution in [3.63, 3.8) is 0 Å². The average molecular weight is 226 g/mol. The van der Waals surface area contributed by atoms with Crippen molar-refractivity contribution >= 4 is 17.6 Å². The van der Waals surface area contributed by atoms with Gasteiger partial charge in [-0.25, -0.2) is 0 Å². The summed E-state index contributed by atoms with van der Waals surface area (Å²) in [6.07, 6.45) is 2.61. The number of aromatic nitrogens is 2. The van der Waals surface area contributed by atoms with E-state index >= 15 is 0 Å². The van der Waals surface area contributed by atoms with Crippen LogP contribution in [0.1, 0.15) is 16.9 Å². The number of nitrogens with one attached hydrogen (secondary N) is 1. The summed E-state index contributed by atoms with van der Waals surface area (Å²) in [5.74, 6) is 0.591. The van der Waals surface area contributed by atoms with Crippen LogP contribution in [0.25, 0.3) is 0 Å². The van der Waals surface area contributed by atoms with Crippen molar-refractivity contribution in [2.24, 2.45) is 5.92 Å². The second-order valence-electron chi connectivity index (χ2n) is 3.76. The van der Waals surface area contributed by atoms with Gasteiger partial charge in [0.15, 0.2) is 5.69 Å². The molecule has 0 spiro atoms. The first-order valence-corrected chi connectivity index (χ1v) is 5.75. The molecule has 1 aliphatic rings. The Labute approximate surface area is 92.8 Å². The normalized spacial score (nSPS) is 20.9. The molecule has 1 aliphatic heterocycles. The molecule has 0 aromatic carbocycles. The number of carbonyl (C=O) groups is 1. The van der Waals surface area contributed by atoms with Crippen molar-refractivity contribution < 1.29 is 4.79 Å². The van der Waals surface area contributed by atoms with Crippen molar-refractivity contribution in [2.45, 2.75) is 6.42 Å². The molecule has 2 heterocycles. The molecule has 1 N–H and O–H groups in total. The molecular weight excluding hydrogens is 212 g/mol. The summed E-state index contributed by atoms with van der Waals surface area (Å²) in [7, 11) is 1.94. The van der Waals surface area contributed by atoms with Gasteiger partial charge in [0.25, 0.3) is 5.91 Å². The Morgan fingerprint density at radius 3 is 3.33 bits per heavy atom. The lowest BCUT2D eigenvalue weighted by molar-refractivity contribution is 0.0782. The molecule has 1 aromatic heterocycles. The minimum atomic E-state index is 0.0161. The standard InChI is InChI=1S/C9H14N4OS/c1-10-4-7-2-3-13(6-7)9(14)8-5-11-15-12-8/h5,7,10H,2-4,6H2,1H3. The van der Waals surface area contributed by atoms with Crippen molar-refractivity contribution in [3.8, 4) is 0 Å². The van der Waals surface area contributed by atoms with E-state index in [4.69, 9.17) is 0 Å². The maximum Gasteiger partial charge on any atom is 0.275 e. The summed E-state index contributed by atoms with van der Waals surface area (Å²) >= 11 is 1.08. The van der Waals surface area contributed by atoms with Crippen LogP contribution >= 0.6 is 11.7 Å². The zero-order valence-corrected chi connectivity index (χ0v) is 9.46. The molecule has 6 heteroatoms. The minimum absolute atomic E-state index is 0.0161. The monoisotopic (exact) mass is 226 g/mol. The third-order valence-corrected chi connectivity index (χ3v) is 3.12. The van der Waals surface area contributed by atoms with Crippen LogP contribution in [0.4, 0.5) is 0 Å². The van der Waals surface area contributed by atoms with Crippen LogP contribution in [0.5, 0.6) is 0 Å². The maximum atomic E-state index is 11.9. The van der Waals surface area contributed by atoms with E-state index in [9.17, 15) is 4.79 Å². The van der Waals surface area contributed by atoms with Gasteiger partial charge in [0, 0.05) is 13.1 Å².